The van der Waals surface area contributed by atoms with E-state index in [0.29, 0.717) is 10.9 Å². The fraction of sp³-hybridized carbons (Fsp3) is 0.200. The Morgan fingerprint density at radius 3 is 2.93 bits per heavy atom. The zero-order chi connectivity index (χ0) is 10.1. The number of aromatic amines is 1. The van der Waals surface area contributed by atoms with Crippen molar-refractivity contribution in [2.45, 2.75) is 6.42 Å². The van der Waals surface area contributed by atoms with Crippen LogP contribution in [-0.4, -0.2) is 16.7 Å². The maximum atomic E-state index is 13.2. The van der Waals surface area contributed by atoms with E-state index in [-0.39, 0.29) is 12.4 Å². The molecule has 0 aliphatic carbocycles. The predicted molar refractivity (Wildman–Crippen MR) is 56.7 cm³/mol. The minimum Gasteiger partial charge on any atom is -0.396 e. The van der Waals surface area contributed by atoms with Crippen molar-refractivity contribution >= 4 is 26.8 Å². The van der Waals surface area contributed by atoms with E-state index < -0.39 is 0 Å². The molecule has 0 unspecified atom stereocenters. The average molecular weight is 258 g/mol. The Bertz CT molecular complexity index is 466. The van der Waals surface area contributed by atoms with Gasteiger partial charge in [-0.2, -0.15) is 0 Å². The number of rotatable bonds is 2. The molecular weight excluding hydrogens is 249 g/mol. The van der Waals surface area contributed by atoms with Crippen molar-refractivity contribution in [3.05, 3.63) is 34.2 Å². The third-order valence-corrected chi connectivity index (χ3v) is 2.80. The lowest BCUT2D eigenvalue weighted by molar-refractivity contribution is 0.300. The molecule has 1 heterocycles. The van der Waals surface area contributed by atoms with Gasteiger partial charge in [-0.1, -0.05) is 0 Å². The van der Waals surface area contributed by atoms with Crippen LogP contribution in [-0.2, 0) is 6.42 Å². The van der Waals surface area contributed by atoms with Crippen molar-refractivity contribution in [1.29, 1.82) is 0 Å². The van der Waals surface area contributed by atoms with Crippen molar-refractivity contribution < 1.29 is 9.50 Å². The molecule has 0 fully saturated rings. The Morgan fingerprint density at radius 1 is 1.43 bits per heavy atom. The van der Waals surface area contributed by atoms with E-state index >= 15 is 0 Å². The van der Waals surface area contributed by atoms with E-state index in [1.807, 2.05) is 0 Å². The monoisotopic (exact) mass is 257 g/mol. The molecule has 1 aromatic heterocycles. The van der Waals surface area contributed by atoms with Crippen LogP contribution in [0.25, 0.3) is 10.9 Å². The first-order valence-corrected chi connectivity index (χ1v) is 5.07. The molecule has 4 heteroatoms. The largest absolute Gasteiger partial charge is 0.396 e. The molecule has 0 aliphatic rings. The third-order valence-electron chi connectivity index (χ3n) is 2.19. The molecule has 0 amide bonds. The molecular formula is C10H9BrFNO. The Kier molecular flexibility index (Phi) is 2.56. The van der Waals surface area contributed by atoms with Crippen LogP contribution in [0.2, 0.25) is 0 Å². The molecule has 0 spiro atoms. The summed E-state index contributed by atoms with van der Waals surface area (Å²) in [5.74, 6) is -0.281. The van der Waals surface area contributed by atoms with Crippen LogP contribution in [0.15, 0.2) is 22.8 Å². The number of hydrogen-bond acceptors (Lipinski definition) is 1. The zero-order valence-corrected chi connectivity index (χ0v) is 8.94. The van der Waals surface area contributed by atoms with Gasteiger partial charge in [0, 0.05) is 23.7 Å². The van der Waals surface area contributed by atoms with Gasteiger partial charge in [0.2, 0.25) is 0 Å². The summed E-state index contributed by atoms with van der Waals surface area (Å²) in [7, 11) is 0. The molecule has 0 bridgehead atoms. The van der Waals surface area contributed by atoms with Gasteiger partial charge >= 0.3 is 0 Å². The van der Waals surface area contributed by atoms with Crippen molar-refractivity contribution in [3.63, 3.8) is 0 Å². The number of hydrogen-bond donors (Lipinski definition) is 2. The number of aromatic nitrogens is 1. The van der Waals surface area contributed by atoms with Crippen LogP contribution in [0.3, 0.4) is 0 Å². The first-order chi connectivity index (χ1) is 6.72. The summed E-state index contributed by atoms with van der Waals surface area (Å²) in [5, 5.41) is 9.64. The van der Waals surface area contributed by atoms with Crippen LogP contribution < -0.4 is 0 Å². The molecule has 2 aromatic rings. The fourth-order valence-electron chi connectivity index (χ4n) is 1.50. The van der Waals surface area contributed by atoms with E-state index in [4.69, 9.17) is 5.11 Å². The number of nitrogens with one attached hydrogen (secondary N) is 1. The Morgan fingerprint density at radius 2 is 2.21 bits per heavy atom. The van der Waals surface area contributed by atoms with Gasteiger partial charge in [-0.05, 0) is 40.0 Å². The van der Waals surface area contributed by atoms with Gasteiger partial charge in [0.25, 0.3) is 0 Å². The zero-order valence-electron chi connectivity index (χ0n) is 7.35. The molecule has 74 valence electrons. The number of aliphatic hydroxyl groups is 1. The van der Waals surface area contributed by atoms with E-state index in [9.17, 15) is 4.39 Å². The van der Waals surface area contributed by atoms with Gasteiger partial charge < -0.3 is 10.1 Å². The third kappa shape index (κ3) is 1.55. The van der Waals surface area contributed by atoms with Crippen molar-refractivity contribution in [3.8, 4) is 0 Å². The lowest BCUT2D eigenvalue weighted by Crippen LogP contribution is -1.88. The minimum atomic E-state index is -0.281. The Balaban J connectivity index is 2.61. The summed E-state index contributed by atoms with van der Waals surface area (Å²) >= 11 is 3.12. The van der Waals surface area contributed by atoms with Crippen molar-refractivity contribution in [1.82, 2.24) is 4.98 Å². The SMILES string of the molecule is OCCc1c[nH]c2cc(Br)c(F)cc12. The maximum absolute atomic E-state index is 13.2. The fourth-order valence-corrected chi connectivity index (χ4v) is 1.85. The first kappa shape index (κ1) is 9.68. The molecule has 14 heavy (non-hydrogen) atoms. The van der Waals surface area contributed by atoms with Crippen molar-refractivity contribution in [2.24, 2.45) is 0 Å². The van der Waals surface area contributed by atoms with Crippen LogP contribution in [0.4, 0.5) is 4.39 Å². The van der Waals surface area contributed by atoms with Gasteiger partial charge in [-0.3, -0.25) is 0 Å². The van der Waals surface area contributed by atoms with Crippen LogP contribution in [0.5, 0.6) is 0 Å². The van der Waals surface area contributed by atoms with Gasteiger partial charge in [0.15, 0.2) is 0 Å². The highest BCUT2D eigenvalue weighted by atomic mass is 79.9. The van der Waals surface area contributed by atoms with Crippen LogP contribution in [0, 0.1) is 5.82 Å². The summed E-state index contributed by atoms with van der Waals surface area (Å²) in [6.07, 6.45) is 2.34. The molecule has 0 saturated carbocycles. The highest BCUT2D eigenvalue weighted by Gasteiger charge is 2.07. The molecule has 0 radical (unpaired) electrons. The summed E-state index contributed by atoms with van der Waals surface area (Å²) in [5.41, 5.74) is 1.82. The maximum Gasteiger partial charge on any atom is 0.138 e. The molecule has 0 aliphatic heterocycles. The summed E-state index contributed by atoms with van der Waals surface area (Å²) < 4.78 is 13.7. The van der Waals surface area contributed by atoms with Crippen LogP contribution >= 0.6 is 15.9 Å². The number of benzene rings is 1. The predicted octanol–water partition coefficient (Wildman–Crippen LogP) is 2.60. The van der Waals surface area contributed by atoms with E-state index in [2.05, 4.69) is 20.9 Å². The summed E-state index contributed by atoms with van der Waals surface area (Å²) in [4.78, 5) is 3.03. The van der Waals surface area contributed by atoms with Gasteiger partial charge in [-0.15, -0.1) is 0 Å². The normalized spacial score (nSPS) is 11.1. The van der Waals surface area contributed by atoms with E-state index in [0.717, 1.165) is 16.5 Å². The van der Waals surface area contributed by atoms with E-state index in [1.165, 1.54) is 6.07 Å². The smallest absolute Gasteiger partial charge is 0.138 e. The Hall–Kier alpha value is -0.870. The second kappa shape index (κ2) is 3.71. The van der Waals surface area contributed by atoms with Gasteiger partial charge in [0.1, 0.15) is 5.82 Å². The first-order valence-electron chi connectivity index (χ1n) is 4.28. The molecule has 0 atom stereocenters. The van der Waals surface area contributed by atoms with Gasteiger partial charge in [0.05, 0.1) is 4.47 Å². The molecule has 1 aromatic carbocycles. The second-order valence-electron chi connectivity index (χ2n) is 3.10. The second-order valence-corrected chi connectivity index (χ2v) is 3.95. The number of H-pyrrole nitrogens is 1. The highest BCUT2D eigenvalue weighted by Crippen LogP contribution is 2.25. The van der Waals surface area contributed by atoms with E-state index in [1.54, 1.807) is 12.3 Å². The number of fused-ring (bicyclic) bond motifs is 1. The molecule has 2 N–H and O–H groups in total. The lowest BCUT2D eigenvalue weighted by atomic mass is 10.1. The van der Waals surface area contributed by atoms with Crippen LogP contribution in [0.1, 0.15) is 5.56 Å². The Labute approximate surface area is 88.9 Å². The molecule has 2 nitrogen and oxygen atoms in total. The quantitative estimate of drug-likeness (QED) is 0.853. The summed E-state index contributed by atoms with van der Waals surface area (Å²) in [6.45, 7) is 0.0740. The lowest BCUT2D eigenvalue weighted by Gasteiger charge is -1.97. The summed E-state index contributed by atoms with van der Waals surface area (Å²) in [6, 6.07) is 3.17. The average Bonchev–Trinajstić information content (AvgIpc) is 2.51. The van der Waals surface area contributed by atoms with Gasteiger partial charge in [-0.25, -0.2) is 4.39 Å². The molecule has 0 saturated heterocycles. The minimum absolute atomic E-state index is 0.0740. The number of halogens is 2. The topological polar surface area (TPSA) is 36.0 Å². The van der Waals surface area contributed by atoms with Crippen molar-refractivity contribution in [2.75, 3.05) is 6.61 Å². The highest BCUT2D eigenvalue weighted by molar-refractivity contribution is 9.10. The number of aliphatic hydroxyl groups excluding tert-OH is 1. The standard InChI is InChI=1S/C10H9BrFNO/c11-8-4-10-7(3-9(8)12)6(1-2-14)5-13-10/h3-5,13-14H,1-2H2. The molecule has 2 rings (SSSR count).